The first kappa shape index (κ1) is 20.8. The summed E-state index contributed by atoms with van der Waals surface area (Å²) in [5.41, 5.74) is 3.16. The predicted octanol–water partition coefficient (Wildman–Crippen LogP) is 4.41. The maximum absolute atomic E-state index is 5.34. The molecule has 1 aliphatic heterocycles. The van der Waals surface area contributed by atoms with Gasteiger partial charge in [0.05, 0.1) is 11.8 Å². The van der Waals surface area contributed by atoms with Crippen molar-refractivity contribution in [2.24, 2.45) is 0 Å². The smallest absolute Gasteiger partial charge is 0.137 e. The van der Waals surface area contributed by atoms with Gasteiger partial charge in [-0.1, -0.05) is 31.2 Å². The van der Waals surface area contributed by atoms with E-state index in [-0.39, 0.29) is 6.10 Å². The Balaban J connectivity index is 1.62. The number of pyridine rings is 2. The van der Waals surface area contributed by atoms with Crippen LogP contribution in [0.5, 0.6) is 0 Å². The zero-order chi connectivity index (χ0) is 20.9. The van der Waals surface area contributed by atoms with Crippen molar-refractivity contribution in [2.75, 3.05) is 44.7 Å². The second-order valence-corrected chi connectivity index (χ2v) is 8.10. The number of hydrogen-bond donors (Lipinski definition) is 0. The Labute approximate surface area is 179 Å². The number of hydrogen-bond acceptors (Lipinski definition) is 5. The number of piperazine rings is 1. The van der Waals surface area contributed by atoms with E-state index >= 15 is 0 Å². The molecule has 0 aliphatic carbocycles. The van der Waals surface area contributed by atoms with E-state index in [1.54, 1.807) is 7.11 Å². The Bertz CT molecular complexity index is 965. The second kappa shape index (κ2) is 9.54. The topological polar surface area (TPSA) is 41.5 Å². The molecule has 2 aromatic heterocycles. The van der Waals surface area contributed by atoms with Gasteiger partial charge in [-0.25, -0.2) is 4.98 Å². The van der Waals surface area contributed by atoms with Crippen molar-refractivity contribution in [3.63, 3.8) is 0 Å². The molecule has 0 saturated carbocycles. The molecule has 0 amide bonds. The van der Waals surface area contributed by atoms with Crippen molar-refractivity contribution in [1.29, 1.82) is 0 Å². The van der Waals surface area contributed by atoms with Crippen molar-refractivity contribution in [3.05, 3.63) is 54.4 Å². The number of fused-ring (bicyclic) bond motifs is 1. The van der Waals surface area contributed by atoms with Crippen LogP contribution in [0, 0.1) is 0 Å². The minimum atomic E-state index is 0.254. The molecular weight excluding hydrogens is 372 g/mol. The summed E-state index contributed by atoms with van der Waals surface area (Å²) in [6.07, 6.45) is 4.12. The fourth-order valence-corrected chi connectivity index (χ4v) is 4.04. The van der Waals surface area contributed by atoms with E-state index in [9.17, 15) is 0 Å². The minimum Gasteiger partial charge on any atom is -0.382 e. The third-order valence-corrected chi connectivity index (χ3v) is 6.17. The van der Waals surface area contributed by atoms with Gasteiger partial charge >= 0.3 is 0 Å². The maximum atomic E-state index is 5.34. The average molecular weight is 405 g/mol. The summed E-state index contributed by atoms with van der Waals surface area (Å²) in [5, 5.41) is 2.46. The summed E-state index contributed by atoms with van der Waals surface area (Å²) >= 11 is 0. The molecule has 3 aromatic rings. The number of anilines is 1. The zero-order valence-electron chi connectivity index (χ0n) is 18.3. The van der Waals surface area contributed by atoms with Crippen molar-refractivity contribution >= 4 is 16.6 Å². The van der Waals surface area contributed by atoms with Crippen LogP contribution in [-0.2, 0) is 11.2 Å². The molecule has 1 atom stereocenters. The van der Waals surface area contributed by atoms with Gasteiger partial charge in [0.25, 0.3) is 0 Å². The van der Waals surface area contributed by atoms with Crippen LogP contribution in [-0.4, -0.2) is 60.8 Å². The second-order valence-electron chi connectivity index (χ2n) is 8.10. The molecule has 158 valence electrons. The zero-order valence-corrected chi connectivity index (χ0v) is 18.3. The molecular formula is C25H32N4O. The number of rotatable bonds is 7. The molecule has 1 unspecified atom stereocenters. The Kier molecular flexibility index (Phi) is 6.60. The Morgan fingerprint density at radius 1 is 1.07 bits per heavy atom. The Hall–Kier alpha value is -2.50. The summed E-state index contributed by atoms with van der Waals surface area (Å²) in [4.78, 5) is 14.7. The Morgan fingerprint density at radius 2 is 1.87 bits per heavy atom. The normalized spacial score (nSPS) is 16.2. The van der Waals surface area contributed by atoms with Crippen LogP contribution >= 0.6 is 0 Å². The highest BCUT2D eigenvalue weighted by Gasteiger charge is 2.19. The molecule has 1 aromatic carbocycles. The largest absolute Gasteiger partial charge is 0.382 e. The maximum Gasteiger partial charge on any atom is 0.137 e. The quantitative estimate of drug-likeness (QED) is 0.584. The van der Waals surface area contributed by atoms with Gasteiger partial charge in [-0.15, -0.1) is 0 Å². The third-order valence-electron chi connectivity index (χ3n) is 6.17. The van der Waals surface area contributed by atoms with Gasteiger partial charge in [0.15, 0.2) is 0 Å². The van der Waals surface area contributed by atoms with Crippen LogP contribution in [0.2, 0.25) is 0 Å². The van der Waals surface area contributed by atoms with E-state index in [0.717, 1.165) is 68.3 Å². The number of likely N-dealkylation sites (N-methyl/N-ethyl adjacent to an activating group) is 1. The summed E-state index contributed by atoms with van der Waals surface area (Å²) < 4.78 is 5.34. The SMILES string of the molecule is CCN1CCN(c2nc(-c3ccc(CCC(C)OC)nc3)cc3ccccc23)CC1. The van der Waals surface area contributed by atoms with Gasteiger partial charge in [-0.2, -0.15) is 0 Å². The number of benzene rings is 1. The van der Waals surface area contributed by atoms with Gasteiger partial charge < -0.3 is 14.5 Å². The van der Waals surface area contributed by atoms with Crippen molar-refractivity contribution < 1.29 is 4.74 Å². The van der Waals surface area contributed by atoms with E-state index in [0.29, 0.717) is 0 Å². The highest BCUT2D eigenvalue weighted by Crippen LogP contribution is 2.30. The van der Waals surface area contributed by atoms with Crippen LogP contribution in [0.4, 0.5) is 5.82 Å². The van der Waals surface area contributed by atoms with Gasteiger partial charge in [0, 0.05) is 56.1 Å². The fraction of sp³-hybridized carbons (Fsp3) is 0.440. The molecule has 3 heterocycles. The lowest BCUT2D eigenvalue weighted by Crippen LogP contribution is -2.46. The standard InChI is InChI=1S/C25H32N4O/c1-4-28-13-15-29(16-14-28)25-23-8-6-5-7-20(23)17-24(27-25)21-10-12-22(26-18-21)11-9-19(2)30-3/h5-8,10,12,17-19H,4,9,11,13-16H2,1-3H3. The van der Waals surface area contributed by atoms with Gasteiger partial charge in [0.2, 0.25) is 0 Å². The molecule has 0 N–H and O–H groups in total. The molecule has 30 heavy (non-hydrogen) atoms. The molecule has 5 nitrogen and oxygen atoms in total. The summed E-state index contributed by atoms with van der Waals surface area (Å²) in [7, 11) is 1.76. The van der Waals surface area contributed by atoms with E-state index < -0.39 is 0 Å². The lowest BCUT2D eigenvalue weighted by atomic mass is 10.1. The van der Waals surface area contributed by atoms with E-state index in [1.165, 1.54) is 10.8 Å². The number of aryl methyl sites for hydroxylation is 1. The number of aromatic nitrogens is 2. The number of nitrogens with zero attached hydrogens (tertiary/aromatic N) is 4. The first-order chi connectivity index (χ1) is 14.7. The molecule has 1 saturated heterocycles. The van der Waals surface area contributed by atoms with E-state index in [1.807, 2.05) is 6.20 Å². The van der Waals surface area contributed by atoms with Crippen LogP contribution in [0.15, 0.2) is 48.7 Å². The lowest BCUT2D eigenvalue weighted by Gasteiger charge is -2.35. The van der Waals surface area contributed by atoms with E-state index in [4.69, 9.17) is 9.72 Å². The van der Waals surface area contributed by atoms with Gasteiger partial charge in [-0.3, -0.25) is 4.98 Å². The highest BCUT2D eigenvalue weighted by atomic mass is 16.5. The average Bonchev–Trinajstić information content (AvgIpc) is 2.82. The molecule has 4 rings (SSSR count). The molecule has 0 radical (unpaired) electrons. The van der Waals surface area contributed by atoms with Crippen LogP contribution in [0.3, 0.4) is 0 Å². The fourth-order valence-electron chi connectivity index (χ4n) is 4.04. The minimum absolute atomic E-state index is 0.254. The highest BCUT2D eigenvalue weighted by molar-refractivity contribution is 5.95. The number of ether oxygens (including phenoxy) is 1. The number of methoxy groups -OCH3 is 1. The van der Waals surface area contributed by atoms with Crippen LogP contribution in [0.1, 0.15) is 26.0 Å². The van der Waals surface area contributed by atoms with Crippen LogP contribution in [0.25, 0.3) is 22.0 Å². The monoisotopic (exact) mass is 404 g/mol. The Morgan fingerprint density at radius 3 is 2.57 bits per heavy atom. The first-order valence-electron chi connectivity index (χ1n) is 11.0. The summed E-state index contributed by atoms with van der Waals surface area (Å²) in [6, 6.07) is 15.0. The van der Waals surface area contributed by atoms with Crippen molar-refractivity contribution in [1.82, 2.24) is 14.9 Å². The molecule has 1 aliphatic rings. The summed E-state index contributed by atoms with van der Waals surface area (Å²) in [5.74, 6) is 1.09. The molecule has 0 bridgehead atoms. The molecule has 5 heteroatoms. The summed E-state index contributed by atoms with van der Waals surface area (Å²) in [6.45, 7) is 9.65. The molecule has 1 fully saturated rings. The van der Waals surface area contributed by atoms with Gasteiger partial charge in [0.1, 0.15) is 5.82 Å². The van der Waals surface area contributed by atoms with Crippen molar-refractivity contribution in [2.45, 2.75) is 32.8 Å². The van der Waals surface area contributed by atoms with Crippen LogP contribution < -0.4 is 4.90 Å². The van der Waals surface area contributed by atoms with E-state index in [2.05, 4.69) is 71.1 Å². The van der Waals surface area contributed by atoms with Crippen molar-refractivity contribution in [3.8, 4) is 11.3 Å². The first-order valence-corrected chi connectivity index (χ1v) is 11.0. The molecule has 0 spiro atoms. The van der Waals surface area contributed by atoms with Gasteiger partial charge in [-0.05, 0) is 49.9 Å². The lowest BCUT2D eigenvalue weighted by molar-refractivity contribution is 0.111. The predicted molar refractivity (Wildman–Crippen MR) is 124 cm³/mol. The third kappa shape index (κ3) is 4.63.